The second kappa shape index (κ2) is 7.83. The van der Waals surface area contributed by atoms with Gasteiger partial charge in [0.15, 0.2) is 0 Å². The second-order valence-electron chi connectivity index (χ2n) is 1.85. The molecule has 0 aliphatic heterocycles. The van der Waals surface area contributed by atoms with E-state index in [9.17, 15) is 0 Å². The van der Waals surface area contributed by atoms with Crippen molar-refractivity contribution in [2.75, 3.05) is 11.8 Å². The van der Waals surface area contributed by atoms with Gasteiger partial charge in [-0.1, -0.05) is 6.07 Å². The molecule has 0 unspecified atom stereocenters. The van der Waals surface area contributed by atoms with Crippen LogP contribution in [0.1, 0.15) is 5.69 Å². The van der Waals surface area contributed by atoms with Gasteiger partial charge in [0.2, 0.25) is 0 Å². The minimum Gasteiger partial charge on any atom is -0.262 e. The minimum absolute atomic E-state index is 0.557. The lowest BCUT2D eigenvalue weighted by molar-refractivity contribution is 1.20. The predicted octanol–water partition coefficient (Wildman–Crippen LogP) is 2.85. The topological polar surface area (TPSA) is 12.9 Å². The van der Waals surface area contributed by atoms with Gasteiger partial charge >= 0.3 is 0 Å². The molecule has 3 heteroatoms. The number of halogens is 2. The maximum atomic E-state index is 5.05. The van der Waals surface area contributed by atoms with Crippen LogP contribution in [0.5, 0.6) is 0 Å². The zero-order valence-corrected chi connectivity index (χ0v) is 7.94. The molecule has 0 spiro atoms. The van der Waals surface area contributed by atoms with E-state index in [1.165, 1.54) is 0 Å². The first-order valence-corrected chi connectivity index (χ1v) is 4.37. The highest BCUT2D eigenvalue weighted by molar-refractivity contribution is 6.25. The quantitative estimate of drug-likeness (QED) is 0.623. The standard InChI is InChI=1S/C6H7N.C2H4Cl2/c1-6-4-2-3-5-7-6;3-1-2-4/h2-5H,1H3;1-2H2. The van der Waals surface area contributed by atoms with Crippen LogP contribution in [0.3, 0.4) is 0 Å². The van der Waals surface area contributed by atoms with Crippen molar-refractivity contribution in [2.45, 2.75) is 6.92 Å². The fourth-order valence-electron chi connectivity index (χ4n) is 0.448. The Morgan fingerprint density at radius 1 is 1.27 bits per heavy atom. The monoisotopic (exact) mass is 191 g/mol. The van der Waals surface area contributed by atoms with Gasteiger partial charge in [-0.15, -0.1) is 23.2 Å². The summed E-state index contributed by atoms with van der Waals surface area (Å²) in [6.45, 7) is 1.97. The summed E-state index contributed by atoms with van der Waals surface area (Å²) in [5, 5.41) is 0. The lowest BCUT2D eigenvalue weighted by Crippen LogP contribution is -1.72. The van der Waals surface area contributed by atoms with Crippen molar-refractivity contribution in [3.8, 4) is 0 Å². The highest BCUT2D eigenvalue weighted by Gasteiger charge is 1.73. The van der Waals surface area contributed by atoms with Gasteiger partial charge in [0.1, 0.15) is 0 Å². The normalized spacial score (nSPS) is 8.27. The number of hydrogen-bond donors (Lipinski definition) is 0. The van der Waals surface area contributed by atoms with E-state index in [0.29, 0.717) is 11.8 Å². The number of rotatable bonds is 1. The summed E-state index contributed by atoms with van der Waals surface area (Å²) in [4.78, 5) is 3.98. The summed E-state index contributed by atoms with van der Waals surface area (Å²) in [6.07, 6.45) is 1.79. The smallest absolute Gasteiger partial charge is 0.0372 e. The number of pyridine rings is 1. The van der Waals surface area contributed by atoms with E-state index in [1.54, 1.807) is 6.20 Å². The molecule has 0 aromatic carbocycles. The Morgan fingerprint density at radius 3 is 2.09 bits per heavy atom. The van der Waals surface area contributed by atoms with E-state index in [0.717, 1.165) is 5.69 Å². The molecule has 1 heterocycles. The van der Waals surface area contributed by atoms with Crippen LogP contribution >= 0.6 is 23.2 Å². The van der Waals surface area contributed by atoms with Crippen LogP contribution in [0.25, 0.3) is 0 Å². The highest BCUT2D eigenvalue weighted by Crippen LogP contribution is 1.86. The van der Waals surface area contributed by atoms with E-state index in [-0.39, 0.29) is 0 Å². The molecule has 0 fully saturated rings. The van der Waals surface area contributed by atoms with E-state index in [4.69, 9.17) is 23.2 Å². The van der Waals surface area contributed by atoms with Crippen LogP contribution in [-0.2, 0) is 0 Å². The fraction of sp³-hybridized carbons (Fsp3) is 0.375. The Hall–Kier alpha value is -0.270. The SMILES string of the molecule is Cc1ccccn1.ClCCCl. The predicted molar refractivity (Wildman–Crippen MR) is 50.4 cm³/mol. The summed E-state index contributed by atoms with van der Waals surface area (Å²) in [7, 11) is 0. The molecule has 1 nitrogen and oxygen atoms in total. The summed E-state index contributed by atoms with van der Waals surface area (Å²) >= 11 is 10.1. The van der Waals surface area contributed by atoms with Crippen molar-refractivity contribution in [3.05, 3.63) is 30.1 Å². The summed E-state index contributed by atoms with van der Waals surface area (Å²) < 4.78 is 0. The largest absolute Gasteiger partial charge is 0.262 e. The molecule has 0 N–H and O–H groups in total. The van der Waals surface area contributed by atoms with E-state index < -0.39 is 0 Å². The molecule has 62 valence electrons. The van der Waals surface area contributed by atoms with Crippen molar-refractivity contribution >= 4 is 23.2 Å². The Bertz CT molecular complexity index is 163. The van der Waals surface area contributed by atoms with Crippen LogP contribution in [0.4, 0.5) is 0 Å². The number of hydrogen-bond acceptors (Lipinski definition) is 1. The Kier molecular flexibility index (Phi) is 7.64. The molecule has 0 amide bonds. The van der Waals surface area contributed by atoms with Gasteiger partial charge in [-0.3, -0.25) is 4.98 Å². The average Bonchev–Trinajstić information content (AvgIpc) is 2.07. The van der Waals surface area contributed by atoms with Crippen molar-refractivity contribution in [1.29, 1.82) is 0 Å². The van der Waals surface area contributed by atoms with E-state index >= 15 is 0 Å². The van der Waals surface area contributed by atoms with Crippen LogP contribution in [0, 0.1) is 6.92 Å². The molecule has 1 aromatic heterocycles. The average molecular weight is 192 g/mol. The van der Waals surface area contributed by atoms with Crippen molar-refractivity contribution < 1.29 is 0 Å². The molecule has 0 atom stereocenters. The van der Waals surface area contributed by atoms with Crippen LogP contribution in [0.2, 0.25) is 0 Å². The summed E-state index contributed by atoms with van der Waals surface area (Å²) in [5.74, 6) is 1.11. The van der Waals surface area contributed by atoms with Gasteiger partial charge in [0.25, 0.3) is 0 Å². The molecule has 0 saturated carbocycles. The molecule has 0 radical (unpaired) electrons. The van der Waals surface area contributed by atoms with Crippen molar-refractivity contribution in [2.24, 2.45) is 0 Å². The third-order valence-electron chi connectivity index (χ3n) is 0.884. The number of aryl methyl sites for hydroxylation is 1. The van der Waals surface area contributed by atoms with Crippen LogP contribution < -0.4 is 0 Å². The number of alkyl halides is 2. The maximum absolute atomic E-state index is 5.05. The number of aromatic nitrogens is 1. The summed E-state index contributed by atoms with van der Waals surface area (Å²) in [6, 6.07) is 5.86. The molecule has 1 rings (SSSR count). The van der Waals surface area contributed by atoms with Gasteiger partial charge in [0.05, 0.1) is 0 Å². The fourth-order valence-corrected chi connectivity index (χ4v) is 0.448. The van der Waals surface area contributed by atoms with Crippen molar-refractivity contribution in [1.82, 2.24) is 4.98 Å². The van der Waals surface area contributed by atoms with Crippen LogP contribution in [0.15, 0.2) is 24.4 Å². The Balaban J connectivity index is 0.000000218. The van der Waals surface area contributed by atoms with Gasteiger partial charge in [-0.05, 0) is 19.1 Å². The van der Waals surface area contributed by atoms with E-state index in [2.05, 4.69) is 4.98 Å². The minimum atomic E-state index is 0.557. The van der Waals surface area contributed by atoms with Gasteiger partial charge < -0.3 is 0 Å². The molecular weight excluding hydrogens is 181 g/mol. The second-order valence-corrected chi connectivity index (χ2v) is 2.61. The molecule has 0 aliphatic rings. The van der Waals surface area contributed by atoms with Gasteiger partial charge in [0, 0.05) is 23.7 Å². The molecule has 0 aliphatic carbocycles. The molecular formula is C8H11Cl2N. The zero-order chi connectivity index (χ0) is 8.53. The summed E-state index contributed by atoms with van der Waals surface area (Å²) in [5.41, 5.74) is 1.07. The third-order valence-corrected chi connectivity index (χ3v) is 1.46. The lowest BCUT2D eigenvalue weighted by Gasteiger charge is -1.82. The first-order valence-electron chi connectivity index (χ1n) is 3.31. The Morgan fingerprint density at radius 2 is 1.91 bits per heavy atom. The number of nitrogens with zero attached hydrogens (tertiary/aromatic N) is 1. The highest BCUT2D eigenvalue weighted by atomic mass is 35.5. The third kappa shape index (κ3) is 7.63. The first-order chi connectivity index (χ1) is 5.31. The zero-order valence-electron chi connectivity index (χ0n) is 6.43. The molecule has 0 bridgehead atoms. The first kappa shape index (κ1) is 10.7. The van der Waals surface area contributed by atoms with Gasteiger partial charge in [-0.25, -0.2) is 0 Å². The maximum Gasteiger partial charge on any atom is 0.0372 e. The van der Waals surface area contributed by atoms with Gasteiger partial charge in [-0.2, -0.15) is 0 Å². The lowest BCUT2D eigenvalue weighted by atomic mass is 10.4. The van der Waals surface area contributed by atoms with E-state index in [1.807, 2.05) is 25.1 Å². The Labute approximate surface area is 77.4 Å². The van der Waals surface area contributed by atoms with Crippen molar-refractivity contribution in [3.63, 3.8) is 0 Å². The van der Waals surface area contributed by atoms with Crippen LogP contribution in [-0.4, -0.2) is 16.7 Å². The molecule has 11 heavy (non-hydrogen) atoms. The molecule has 1 aromatic rings. The molecule has 0 saturated heterocycles.